The molecule has 0 aromatic heterocycles. The molecular weight excluding hydrogens is 210 g/mol. The maximum absolute atomic E-state index is 6.19. The molecule has 1 atom stereocenters. The maximum atomic E-state index is 6.19. The first-order valence-corrected chi connectivity index (χ1v) is 5.72. The van der Waals surface area contributed by atoms with E-state index >= 15 is 0 Å². The number of hydrogen-bond donors (Lipinski definition) is 1. The third kappa shape index (κ3) is 2.71. The van der Waals surface area contributed by atoms with Crippen LogP contribution < -0.4 is 5.32 Å². The minimum Gasteiger partial charge on any atom is -0.379 e. The Morgan fingerprint density at radius 3 is 3.20 bits per heavy atom. The lowest BCUT2D eigenvalue weighted by atomic mass is 10.0. The van der Waals surface area contributed by atoms with Gasteiger partial charge >= 0.3 is 0 Å². The third-order valence-corrected chi connectivity index (χ3v) is 3.01. The van der Waals surface area contributed by atoms with Crippen LogP contribution in [0.4, 0.5) is 0 Å². The Morgan fingerprint density at radius 2 is 2.33 bits per heavy atom. The number of halogens is 1. The summed E-state index contributed by atoms with van der Waals surface area (Å²) in [6.07, 6.45) is 1.07. The zero-order chi connectivity index (χ0) is 10.7. The highest BCUT2D eigenvalue weighted by atomic mass is 35.5. The lowest BCUT2D eigenvalue weighted by molar-refractivity contribution is 0.131. The third-order valence-electron chi connectivity index (χ3n) is 2.67. The van der Waals surface area contributed by atoms with Gasteiger partial charge in [0.1, 0.15) is 0 Å². The van der Waals surface area contributed by atoms with Gasteiger partial charge in [-0.15, -0.1) is 0 Å². The van der Waals surface area contributed by atoms with Crippen LogP contribution in [0.1, 0.15) is 23.6 Å². The Labute approximate surface area is 95.6 Å². The molecule has 0 spiro atoms. The van der Waals surface area contributed by atoms with Crippen LogP contribution in [0.25, 0.3) is 0 Å². The van der Waals surface area contributed by atoms with Gasteiger partial charge in [-0.1, -0.05) is 29.3 Å². The molecule has 1 N–H and O–H groups in total. The standard InChI is InChI=1S/C12H16ClNO/c1-9-3-4-11(13)10(7-9)12-8-15-6-2-5-14-12/h3-4,7,12,14H,2,5-6,8H2,1H3. The molecule has 1 aliphatic heterocycles. The van der Waals surface area contributed by atoms with Crippen molar-refractivity contribution in [1.82, 2.24) is 5.32 Å². The van der Waals surface area contributed by atoms with Crippen molar-refractivity contribution in [1.29, 1.82) is 0 Å². The summed E-state index contributed by atoms with van der Waals surface area (Å²) in [6.45, 7) is 4.63. The van der Waals surface area contributed by atoms with Crippen molar-refractivity contribution in [3.63, 3.8) is 0 Å². The quantitative estimate of drug-likeness (QED) is 0.794. The van der Waals surface area contributed by atoms with E-state index in [0.717, 1.165) is 30.2 Å². The van der Waals surface area contributed by atoms with Crippen molar-refractivity contribution in [2.75, 3.05) is 19.8 Å². The van der Waals surface area contributed by atoms with Gasteiger partial charge in [-0.3, -0.25) is 0 Å². The van der Waals surface area contributed by atoms with E-state index in [1.807, 2.05) is 12.1 Å². The summed E-state index contributed by atoms with van der Waals surface area (Å²) in [6, 6.07) is 6.36. The molecule has 1 aromatic rings. The van der Waals surface area contributed by atoms with E-state index in [9.17, 15) is 0 Å². The van der Waals surface area contributed by atoms with E-state index in [0.29, 0.717) is 6.61 Å². The van der Waals surface area contributed by atoms with Gasteiger partial charge in [-0.05, 0) is 31.5 Å². The first-order chi connectivity index (χ1) is 7.27. The molecule has 1 aliphatic rings. The average Bonchev–Trinajstić information content (AvgIpc) is 2.50. The molecule has 0 radical (unpaired) electrons. The predicted molar refractivity (Wildman–Crippen MR) is 62.4 cm³/mol. The lowest BCUT2D eigenvalue weighted by Gasteiger charge is -2.17. The Bertz CT molecular complexity index is 332. The number of nitrogens with one attached hydrogen (secondary N) is 1. The molecular formula is C12H16ClNO. The van der Waals surface area contributed by atoms with Gasteiger partial charge in [0.15, 0.2) is 0 Å². The first-order valence-electron chi connectivity index (χ1n) is 5.34. The van der Waals surface area contributed by atoms with Crippen molar-refractivity contribution in [3.05, 3.63) is 34.3 Å². The second kappa shape index (κ2) is 4.97. The normalized spacial score (nSPS) is 22.4. The molecule has 1 aromatic carbocycles. The molecule has 0 aliphatic carbocycles. The second-order valence-corrected chi connectivity index (χ2v) is 4.37. The minimum absolute atomic E-state index is 0.236. The predicted octanol–water partition coefficient (Wildman–Crippen LogP) is 2.70. The molecule has 2 nitrogen and oxygen atoms in total. The lowest BCUT2D eigenvalue weighted by Crippen LogP contribution is -2.23. The van der Waals surface area contributed by atoms with Crippen LogP contribution in [-0.4, -0.2) is 19.8 Å². The number of ether oxygens (including phenoxy) is 1. The summed E-state index contributed by atoms with van der Waals surface area (Å²) in [5.74, 6) is 0. The van der Waals surface area contributed by atoms with Crippen LogP contribution in [0.15, 0.2) is 18.2 Å². The Balaban J connectivity index is 2.22. The SMILES string of the molecule is Cc1ccc(Cl)c(C2COCCCN2)c1. The van der Waals surface area contributed by atoms with Crippen molar-refractivity contribution >= 4 is 11.6 Å². The summed E-state index contributed by atoms with van der Waals surface area (Å²) in [7, 11) is 0. The molecule has 3 heteroatoms. The Hall–Kier alpha value is -0.570. The molecule has 15 heavy (non-hydrogen) atoms. The average molecular weight is 226 g/mol. The zero-order valence-corrected chi connectivity index (χ0v) is 9.68. The number of rotatable bonds is 1. The molecule has 2 rings (SSSR count). The molecule has 1 unspecified atom stereocenters. The van der Waals surface area contributed by atoms with Gasteiger partial charge in [0.25, 0.3) is 0 Å². The van der Waals surface area contributed by atoms with Crippen LogP contribution in [0.3, 0.4) is 0 Å². The smallest absolute Gasteiger partial charge is 0.0662 e. The van der Waals surface area contributed by atoms with E-state index in [2.05, 4.69) is 18.3 Å². The Kier molecular flexibility index (Phi) is 3.62. The number of benzene rings is 1. The van der Waals surface area contributed by atoms with E-state index in [4.69, 9.17) is 16.3 Å². The van der Waals surface area contributed by atoms with E-state index < -0.39 is 0 Å². The van der Waals surface area contributed by atoms with E-state index in [1.54, 1.807) is 0 Å². The van der Waals surface area contributed by atoms with Gasteiger partial charge in [0, 0.05) is 11.6 Å². The number of aryl methyl sites for hydroxylation is 1. The van der Waals surface area contributed by atoms with Gasteiger partial charge in [-0.2, -0.15) is 0 Å². The minimum atomic E-state index is 0.236. The molecule has 0 amide bonds. The van der Waals surface area contributed by atoms with Crippen LogP contribution in [0, 0.1) is 6.92 Å². The summed E-state index contributed by atoms with van der Waals surface area (Å²) in [5, 5.41) is 4.28. The Morgan fingerprint density at radius 1 is 1.47 bits per heavy atom. The second-order valence-electron chi connectivity index (χ2n) is 3.96. The summed E-state index contributed by atoms with van der Waals surface area (Å²) >= 11 is 6.19. The van der Waals surface area contributed by atoms with Crippen LogP contribution in [0.5, 0.6) is 0 Å². The fraction of sp³-hybridized carbons (Fsp3) is 0.500. The van der Waals surface area contributed by atoms with Crippen molar-refractivity contribution in [3.8, 4) is 0 Å². The molecule has 0 saturated carbocycles. The topological polar surface area (TPSA) is 21.3 Å². The highest BCUT2D eigenvalue weighted by Crippen LogP contribution is 2.25. The van der Waals surface area contributed by atoms with Gasteiger partial charge < -0.3 is 10.1 Å². The van der Waals surface area contributed by atoms with Crippen LogP contribution in [-0.2, 0) is 4.74 Å². The monoisotopic (exact) mass is 225 g/mol. The zero-order valence-electron chi connectivity index (χ0n) is 8.92. The maximum Gasteiger partial charge on any atom is 0.0662 e. The van der Waals surface area contributed by atoms with Crippen molar-refractivity contribution < 1.29 is 4.74 Å². The van der Waals surface area contributed by atoms with Crippen molar-refractivity contribution in [2.45, 2.75) is 19.4 Å². The van der Waals surface area contributed by atoms with Gasteiger partial charge in [0.05, 0.1) is 12.6 Å². The van der Waals surface area contributed by atoms with Crippen LogP contribution >= 0.6 is 11.6 Å². The highest BCUT2D eigenvalue weighted by Gasteiger charge is 2.16. The van der Waals surface area contributed by atoms with Crippen LogP contribution in [0.2, 0.25) is 5.02 Å². The van der Waals surface area contributed by atoms with E-state index in [1.165, 1.54) is 5.56 Å². The summed E-state index contributed by atoms with van der Waals surface area (Å²) < 4.78 is 5.54. The molecule has 1 fully saturated rings. The highest BCUT2D eigenvalue weighted by molar-refractivity contribution is 6.31. The van der Waals surface area contributed by atoms with Gasteiger partial charge in [0.2, 0.25) is 0 Å². The largest absolute Gasteiger partial charge is 0.379 e. The molecule has 1 heterocycles. The van der Waals surface area contributed by atoms with Crippen molar-refractivity contribution in [2.24, 2.45) is 0 Å². The van der Waals surface area contributed by atoms with Gasteiger partial charge in [-0.25, -0.2) is 0 Å². The molecule has 0 bridgehead atoms. The summed E-state index contributed by atoms with van der Waals surface area (Å²) in [4.78, 5) is 0. The fourth-order valence-electron chi connectivity index (χ4n) is 1.84. The molecule has 82 valence electrons. The molecule has 1 saturated heterocycles. The summed E-state index contributed by atoms with van der Waals surface area (Å²) in [5.41, 5.74) is 2.39. The number of hydrogen-bond acceptors (Lipinski definition) is 2. The first kappa shape index (κ1) is 10.9. The fourth-order valence-corrected chi connectivity index (χ4v) is 2.09. The van der Waals surface area contributed by atoms with E-state index in [-0.39, 0.29) is 6.04 Å².